The summed E-state index contributed by atoms with van der Waals surface area (Å²) in [5.74, 6) is -2.30. The van der Waals surface area contributed by atoms with Crippen LogP contribution >= 0.6 is 15.9 Å². The van der Waals surface area contributed by atoms with E-state index in [0.717, 1.165) is 0 Å². The molecule has 5 atom stereocenters. The molecule has 1 N–H and O–H groups in total. The summed E-state index contributed by atoms with van der Waals surface area (Å²) in [7, 11) is 0. The fourth-order valence-corrected chi connectivity index (χ4v) is 2.78. The van der Waals surface area contributed by atoms with E-state index in [1.54, 1.807) is 0 Å². The lowest BCUT2D eigenvalue weighted by atomic mass is 9.96. The van der Waals surface area contributed by atoms with Crippen LogP contribution < -0.4 is 5.32 Å². The van der Waals surface area contributed by atoms with Gasteiger partial charge in [0.2, 0.25) is 5.91 Å². The SMILES string of the molecule is CC(=O)N[C@H]1[C@H](OCCBr)O[C@H](COC(C)=O)[C@@H](OC(C)=O)[C@@H]1OC(C)=O. The van der Waals surface area contributed by atoms with E-state index in [4.69, 9.17) is 23.7 Å². The zero-order valence-electron chi connectivity index (χ0n) is 15.6. The van der Waals surface area contributed by atoms with Gasteiger partial charge in [-0.3, -0.25) is 19.2 Å². The third-order valence-electron chi connectivity index (χ3n) is 3.43. The molecule has 27 heavy (non-hydrogen) atoms. The Labute approximate surface area is 165 Å². The average molecular weight is 454 g/mol. The van der Waals surface area contributed by atoms with E-state index in [1.165, 1.54) is 27.7 Å². The Morgan fingerprint density at radius 2 is 1.56 bits per heavy atom. The van der Waals surface area contributed by atoms with Crippen LogP contribution in [-0.4, -0.2) is 73.0 Å². The molecule has 154 valence electrons. The first-order valence-electron chi connectivity index (χ1n) is 8.23. The lowest BCUT2D eigenvalue weighted by molar-refractivity contribution is -0.276. The fraction of sp³-hybridized carbons (Fsp3) is 0.750. The van der Waals surface area contributed by atoms with Gasteiger partial charge in [-0.1, -0.05) is 15.9 Å². The Hall–Kier alpha value is -1.72. The van der Waals surface area contributed by atoms with E-state index >= 15 is 0 Å². The molecule has 1 aliphatic rings. The minimum atomic E-state index is -1.12. The Morgan fingerprint density at radius 1 is 0.963 bits per heavy atom. The van der Waals surface area contributed by atoms with Gasteiger partial charge in [0.1, 0.15) is 18.8 Å². The van der Waals surface area contributed by atoms with Crippen LogP contribution in [0.5, 0.6) is 0 Å². The molecule has 1 fully saturated rings. The summed E-state index contributed by atoms with van der Waals surface area (Å²) >= 11 is 3.22. The van der Waals surface area contributed by atoms with Gasteiger partial charge in [-0.15, -0.1) is 0 Å². The lowest BCUT2D eigenvalue weighted by Crippen LogP contribution is -2.66. The van der Waals surface area contributed by atoms with Crippen molar-refractivity contribution in [3.05, 3.63) is 0 Å². The van der Waals surface area contributed by atoms with Crippen molar-refractivity contribution in [3.8, 4) is 0 Å². The van der Waals surface area contributed by atoms with Crippen molar-refractivity contribution < 1.29 is 42.9 Å². The molecule has 1 amide bonds. The van der Waals surface area contributed by atoms with Gasteiger partial charge in [-0.05, 0) is 0 Å². The van der Waals surface area contributed by atoms with Gasteiger partial charge >= 0.3 is 17.9 Å². The van der Waals surface area contributed by atoms with E-state index in [0.29, 0.717) is 5.33 Å². The molecule has 1 aliphatic heterocycles. The quantitative estimate of drug-likeness (QED) is 0.308. The van der Waals surface area contributed by atoms with Gasteiger partial charge in [0, 0.05) is 33.0 Å². The molecule has 0 aromatic heterocycles. The number of ether oxygens (including phenoxy) is 5. The number of carbonyl (C=O) groups excluding carboxylic acids is 4. The summed E-state index contributed by atoms with van der Waals surface area (Å²) in [5.41, 5.74) is 0. The van der Waals surface area contributed by atoms with E-state index in [1.807, 2.05) is 0 Å². The van der Waals surface area contributed by atoms with Crippen molar-refractivity contribution in [2.75, 3.05) is 18.5 Å². The zero-order valence-corrected chi connectivity index (χ0v) is 17.1. The van der Waals surface area contributed by atoms with Gasteiger partial charge < -0.3 is 29.0 Å². The van der Waals surface area contributed by atoms with E-state index in [9.17, 15) is 19.2 Å². The van der Waals surface area contributed by atoms with Crippen LogP contribution in [0.15, 0.2) is 0 Å². The molecule has 0 saturated carbocycles. The Bertz CT molecular complexity index is 556. The molecule has 0 aliphatic carbocycles. The van der Waals surface area contributed by atoms with E-state index < -0.39 is 54.5 Å². The molecule has 0 aromatic rings. The number of esters is 3. The van der Waals surface area contributed by atoms with E-state index in [2.05, 4.69) is 21.2 Å². The second-order valence-electron chi connectivity index (χ2n) is 5.78. The highest BCUT2D eigenvalue weighted by atomic mass is 79.9. The van der Waals surface area contributed by atoms with Crippen molar-refractivity contribution in [1.82, 2.24) is 5.32 Å². The molecule has 0 radical (unpaired) electrons. The summed E-state index contributed by atoms with van der Waals surface area (Å²) in [5, 5.41) is 3.09. The number of hydrogen-bond acceptors (Lipinski definition) is 9. The van der Waals surface area contributed by atoms with Crippen molar-refractivity contribution in [2.45, 2.75) is 58.3 Å². The maximum Gasteiger partial charge on any atom is 0.303 e. The molecular weight excluding hydrogens is 430 g/mol. The maximum atomic E-state index is 11.6. The third-order valence-corrected chi connectivity index (χ3v) is 3.75. The monoisotopic (exact) mass is 453 g/mol. The lowest BCUT2D eigenvalue weighted by Gasteiger charge is -2.44. The zero-order chi connectivity index (χ0) is 20.6. The number of hydrogen-bond donors (Lipinski definition) is 1. The number of rotatable bonds is 8. The molecule has 0 spiro atoms. The van der Waals surface area contributed by atoms with Crippen LogP contribution in [0.25, 0.3) is 0 Å². The molecule has 1 heterocycles. The van der Waals surface area contributed by atoms with Crippen molar-refractivity contribution in [2.24, 2.45) is 0 Å². The van der Waals surface area contributed by atoms with Crippen molar-refractivity contribution >= 4 is 39.7 Å². The first-order valence-corrected chi connectivity index (χ1v) is 9.35. The minimum absolute atomic E-state index is 0.228. The normalized spacial score (nSPS) is 27.4. The molecule has 0 bridgehead atoms. The highest BCUT2D eigenvalue weighted by Crippen LogP contribution is 2.28. The Balaban J connectivity index is 3.22. The summed E-state index contributed by atoms with van der Waals surface area (Å²) in [6.07, 6.45) is -4.22. The predicted molar refractivity (Wildman–Crippen MR) is 93.8 cm³/mol. The summed E-state index contributed by atoms with van der Waals surface area (Å²) in [4.78, 5) is 46.0. The number of nitrogens with one attached hydrogen (secondary N) is 1. The average Bonchev–Trinajstić information content (AvgIpc) is 2.54. The van der Waals surface area contributed by atoms with Crippen LogP contribution in [0.2, 0.25) is 0 Å². The number of carbonyl (C=O) groups is 4. The Morgan fingerprint density at radius 3 is 2.04 bits per heavy atom. The molecule has 1 saturated heterocycles. The predicted octanol–water partition coefficient (Wildman–Crippen LogP) is 0.0540. The molecule has 10 nitrogen and oxygen atoms in total. The minimum Gasteiger partial charge on any atom is -0.463 e. The molecular formula is C16H24BrNO9. The van der Waals surface area contributed by atoms with E-state index in [-0.39, 0.29) is 13.2 Å². The number of amides is 1. The highest BCUT2D eigenvalue weighted by Gasteiger charge is 2.51. The van der Waals surface area contributed by atoms with Crippen LogP contribution in [0, 0.1) is 0 Å². The van der Waals surface area contributed by atoms with Crippen LogP contribution in [-0.2, 0) is 42.9 Å². The maximum absolute atomic E-state index is 11.6. The van der Waals surface area contributed by atoms with Gasteiger partial charge in [0.05, 0.1) is 6.61 Å². The van der Waals surface area contributed by atoms with Crippen molar-refractivity contribution in [3.63, 3.8) is 0 Å². The number of halogens is 1. The first-order chi connectivity index (χ1) is 12.6. The third kappa shape index (κ3) is 7.81. The Kier molecular flexibility index (Phi) is 9.67. The first kappa shape index (κ1) is 23.3. The topological polar surface area (TPSA) is 126 Å². The second kappa shape index (κ2) is 11.2. The molecule has 1 rings (SSSR count). The van der Waals surface area contributed by atoms with Crippen LogP contribution in [0.1, 0.15) is 27.7 Å². The van der Waals surface area contributed by atoms with Gasteiger partial charge in [-0.2, -0.15) is 0 Å². The van der Waals surface area contributed by atoms with Gasteiger partial charge in [0.15, 0.2) is 18.5 Å². The summed E-state index contributed by atoms with van der Waals surface area (Å²) < 4.78 is 26.9. The summed E-state index contributed by atoms with van der Waals surface area (Å²) in [6.45, 7) is 4.82. The highest BCUT2D eigenvalue weighted by molar-refractivity contribution is 9.09. The standard InChI is InChI=1S/C16H24BrNO9/c1-8(19)18-13-15(26-11(4)22)14(25-10(3)21)12(7-24-9(2)20)27-16(13)23-6-5-17/h12-16H,5-7H2,1-4H3,(H,18,19)/t12-,13-,14-,15-,16-/m1/s1. The molecule has 0 aromatic carbocycles. The van der Waals surface area contributed by atoms with Crippen molar-refractivity contribution in [1.29, 1.82) is 0 Å². The largest absolute Gasteiger partial charge is 0.463 e. The van der Waals surface area contributed by atoms with Crippen LogP contribution in [0.3, 0.4) is 0 Å². The fourth-order valence-electron chi connectivity index (χ4n) is 2.59. The summed E-state index contributed by atoms with van der Waals surface area (Å²) in [6, 6.07) is -0.941. The molecule has 0 unspecified atom stereocenters. The van der Waals surface area contributed by atoms with Gasteiger partial charge in [-0.25, -0.2) is 0 Å². The number of alkyl halides is 1. The molecule has 11 heteroatoms. The second-order valence-corrected chi connectivity index (χ2v) is 6.57. The smallest absolute Gasteiger partial charge is 0.303 e. The van der Waals surface area contributed by atoms with Gasteiger partial charge in [0.25, 0.3) is 0 Å². The van der Waals surface area contributed by atoms with Crippen LogP contribution in [0.4, 0.5) is 0 Å².